The van der Waals surface area contributed by atoms with Gasteiger partial charge in [-0.1, -0.05) is 12.1 Å². The first kappa shape index (κ1) is 19.5. The number of furan rings is 1. The number of halogens is 4. The highest BCUT2D eigenvalue weighted by molar-refractivity contribution is 9.10. The van der Waals surface area contributed by atoms with Crippen LogP contribution in [-0.2, 0) is 6.18 Å². The van der Waals surface area contributed by atoms with E-state index in [2.05, 4.69) is 21.2 Å². The lowest BCUT2D eigenvalue weighted by Crippen LogP contribution is -2.46. The molecule has 0 spiro atoms. The van der Waals surface area contributed by atoms with Gasteiger partial charge in [0.2, 0.25) is 0 Å². The van der Waals surface area contributed by atoms with Crippen LogP contribution < -0.4 is 5.32 Å². The van der Waals surface area contributed by atoms with Gasteiger partial charge in [0.1, 0.15) is 0 Å². The number of amides is 2. The fourth-order valence-corrected chi connectivity index (χ4v) is 3.31. The average molecular weight is 445 g/mol. The maximum Gasteiger partial charge on any atom is 0.417 e. The normalized spacial score (nSPS) is 15.6. The zero-order valence-electron chi connectivity index (χ0n) is 14.1. The molecule has 144 valence electrons. The third-order valence-electron chi connectivity index (χ3n) is 4.38. The number of carbonyl (C=O) groups is 2. The largest absolute Gasteiger partial charge is 0.444 e. The minimum atomic E-state index is -4.59. The summed E-state index contributed by atoms with van der Waals surface area (Å²) in [6.45, 7) is 0.523. The molecule has 1 N–H and O–H groups in total. The summed E-state index contributed by atoms with van der Waals surface area (Å²) >= 11 is 3.12. The smallest absolute Gasteiger partial charge is 0.417 e. The van der Waals surface area contributed by atoms with Gasteiger partial charge in [-0.15, -0.1) is 0 Å². The van der Waals surface area contributed by atoms with Gasteiger partial charge in [-0.25, -0.2) is 0 Å². The molecule has 1 aromatic heterocycles. The van der Waals surface area contributed by atoms with Gasteiger partial charge in [0.05, 0.1) is 11.1 Å². The van der Waals surface area contributed by atoms with Gasteiger partial charge in [-0.2, -0.15) is 13.2 Å². The second kappa shape index (κ2) is 7.75. The third-order valence-corrected chi connectivity index (χ3v) is 4.80. The summed E-state index contributed by atoms with van der Waals surface area (Å²) in [6, 6.07) is 7.73. The molecule has 0 aliphatic carbocycles. The Kier molecular flexibility index (Phi) is 5.59. The van der Waals surface area contributed by atoms with E-state index in [1.165, 1.54) is 29.2 Å². The average Bonchev–Trinajstić information content (AvgIpc) is 3.08. The van der Waals surface area contributed by atoms with Gasteiger partial charge in [0, 0.05) is 19.1 Å². The lowest BCUT2D eigenvalue weighted by molar-refractivity contribution is -0.138. The molecule has 0 bridgehead atoms. The molecule has 1 aliphatic heterocycles. The fourth-order valence-electron chi connectivity index (χ4n) is 3.01. The quantitative estimate of drug-likeness (QED) is 0.774. The van der Waals surface area contributed by atoms with Crippen molar-refractivity contribution in [2.45, 2.75) is 25.1 Å². The van der Waals surface area contributed by atoms with E-state index in [4.69, 9.17) is 4.42 Å². The predicted octanol–water partition coefficient (Wildman–Crippen LogP) is 4.10. The lowest BCUT2D eigenvalue weighted by atomic mass is 10.0. The van der Waals surface area contributed by atoms with E-state index in [-0.39, 0.29) is 36.4 Å². The van der Waals surface area contributed by atoms with Crippen LogP contribution in [0, 0.1) is 0 Å². The first-order valence-electron chi connectivity index (χ1n) is 8.27. The van der Waals surface area contributed by atoms with Crippen LogP contribution in [0.5, 0.6) is 0 Å². The van der Waals surface area contributed by atoms with E-state index in [0.29, 0.717) is 17.5 Å². The van der Waals surface area contributed by atoms with Crippen LogP contribution in [0.4, 0.5) is 13.2 Å². The first-order valence-corrected chi connectivity index (χ1v) is 9.06. The van der Waals surface area contributed by atoms with Gasteiger partial charge in [-0.3, -0.25) is 9.59 Å². The van der Waals surface area contributed by atoms with Gasteiger partial charge >= 0.3 is 6.18 Å². The van der Waals surface area contributed by atoms with Crippen molar-refractivity contribution in [2.24, 2.45) is 0 Å². The number of alkyl halides is 3. The van der Waals surface area contributed by atoms with Crippen LogP contribution in [0.25, 0.3) is 0 Å². The first-order chi connectivity index (χ1) is 12.8. The molecule has 9 heteroatoms. The van der Waals surface area contributed by atoms with Gasteiger partial charge in [0.15, 0.2) is 10.4 Å². The van der Waals surface area contributed by atoms with Crippen molar-refractivity contribution in [3.63, 3.8) is 0 Å². The summed E-state index contributed by atoms with van der Waals surface area (Å²) in [6.07, 6.45) is -3.68. The van der Waals surface area contributed by atoms with E-state index < -0.39 is 17.6 Å². The molecule has 27 heavy (non-hydrogen) atoms. The summed E-state index contributed by atoms with van der Waals surface area (Å²) in [7, 11) is 0. The number of nitrogens with one attached hydrogen (secondary N) is 1. The number of likely N-dealkylation sites (tertiary alicyclic amines) is 1. The number of piperidine rings is 1. The molecule has 1 saturated heterocycles. The maximum atomic E-state index is 13.1. The Morgan fingerprint density at radius 3 is 2.37 bits per heavy atom. The Morgan fingerprint density at radius 1 is 1.11 bits per heavy atom. The van der Waals surface area contributed by atoms with Crippen molar-refractivity contribution in [1.29, 1.82) is 0 Å². The molecular weight excluding hydrogens is 429 g/mol. The number of hydrogen-bond donors (Lipinski definition) is 1. The maximum absolute atomic E-state index is 13.1. The number of nitrogens with zero attached hydrogens (tertiary/aromatic N) is 1. The van der Waals surface area contributed by atoms with E-state index in [9.17, 15) is 22.8 Å². The highest BCUT2D eigenvalue weighted by Crippen LogP contribution is 2.32. The monoisotopic (exact) mass is 444 g/mol. The zero-order chi connectivity index (χ0) is 19.6. The fraction of sp³-hybridized carbons (Fsp3) is 0.333. The molecule has 0 atom stereocenters. The third kappa shape index (κ3) is 4.52. The van der Waals surface area contributed by atoms with Gasteiger partial charge in [-0.05, 0) is 53.0 Å². The molecule has 1 aromatic carbocycles. The standard InChI is InChI=1S/C18H16BrF3N2O3/c19-15-6-5-14(27-15)16(25)23-11-7-9-24(10-8-11)17(26)12-3-1-2-4-13(12)18(20,21)22/h1-6,11H,7-10H2,(H,23,25). The Balaban J connectivity index is 1.61. The van der Waals surface area contributed by atoms with Crippen molar-refractivity contribution in [3.8, 4) is 0 Å². The van der Waals surface area contributed by atoms with Gasteiger partial charge < -0.3 is 14.6 Å². The van der Waals surface area contributed by atoms with E-state index in [0.717, 1.165) is 6.07 Å². The second-order valence-corrected chi connectivity index (χ2v) is 6.97. The summed E-state index contributed by atoms with van der Waals surface area (Å²) in [4.78, 5) is 26.0. The van der Waals surface area contributed by atoms with Gasteiger partial charge in [0.25, 0.3) is 11.8 Å². The Hall–Kier alpha value is -2.29. The number of benzene rings is 1. The SMILES string of the molecule is O=C(NC1CCN(C(=O)c2ccccc2C(F)(F)F)CC1)c1ccc(Br)o1. The molecular formula is C18H16BrF3N2O3. The van der Waals surface area contributed by atoms with Crippen LogP contribution in [0.1, 0.15) is 39.3 Å². The van der Waals surface area contributed by atoms with Crippen molar-refractivity contribution in [3.05, 3.63) is 58.0 Å². The summed E-state index contributed by atoms with van der Waals surface area (Å²) in [5, 5.41) is 2.81. The predicted molar refractivity (Wildman–Crippen MR) is 94.2 cm³/mol. The Bertz CT molecular complexity index is 842. The molecule has 0 radical (unpaired) electrons. The van der Waals surface area contributed by atoms with E-state index >= 15 is 0 Å². The van der Waals surface area contributed by atoms with Crippen molar-refractivity contribution in [1.82, 2.24) is 10.2 Å². The molecule has 1 aliphatic rings. The Labute approximate surface area is 161 Å². The van der Waals surface area contributed by atoms with E-state index in [1.54, 1.807) is 6.07 Å². The Morgan fingerprint density at radius 2 is 1.78 bits per heavy atom. The van der Waals surface area contributed by atoms with Crippen LogP contribution in [-0.4, -0.2) is 35.8 Å². The summed E-state index contributed by atoms with van der Waals surface area (Å²) < 4.78 is 45.0. The van der Waals surface area contributed by atoms with Crippen molar-refractivity contribution < 1.29 is 27.2 Å². The second-order valence-electron chi connectivity index (χ2n) is 6.19. The lowest BCUT2D eigenvalue weighted by Gasteiger charge is -2.32. The number of carbonyl (C=O) groups excluding carboxylic acids is 2. The van der Waals surface area contributed by atoms with Crippen LogP contribution in [0.2, 0.25) is 0 Å². The topological polar surface area (TPSA) is 62.6 Å². The van der Waals surface area contributed by atoms with Crippen molar-refractivity contribution >= 4 is 27.7 Å². The van der Waals surface area contributed by atoms with E-state index in [1.807, 2.05) is 0 Å². The summed E-state index contributed by atoms with van der Waals surface area (Å²) in [5.41, 5.74) is -1.29. The molecule has 2 aromatic rings. The number of rotatable bonds is 3. The molecule has 0 unspecified atom stereocenters. The molecule has 3 rings (SSSR count). The van der Waals surface area contributed by atoms with Crippen molar-refractivity contribution in [2.75, 3.05) is 13.1 Å². The molecule has 2 amide bonds. The highest BCUT2D eigenvalue weighted by atomic mass is 79.9. The minimum Gasteiger partial charge on any atom is -0.444 e. The molecule has 1 fully saturated rings. The zero-order valence-corrected chi connectivity index (χ0v) is 15.6. The molecule has 2 heterocycles. The van der Waals surface area contributed by atoms with Crippen LogP contribution in [0.3, 0.4) is 0 Å². The summed E-state index contributed by atoms with van der Waals surface area (Å²) in [5.74, 6) is -0.852. The van der Waals surface area contributed by atoms with Crippen LogP contribution >= 0.6 is 15.9 Å². The molecule has 0 saturated carbocycles. The highest BCUT2D eigenvalue weighted by Gasteiger charge is 2.36. The van der Waals surface area contributed by atoms with Crippen LogP contribution in [0.15, 0.2) is 45.5 Å². The minimum absolute atomic E-state index is 0.166. The number of hydrogen-bond acceptors (Lipinski definition) is 3. The molecule has 5 nitrogen and oxygen atoms in total.